The van der Waals surface area contributed by atoms with E-state index in [2.05, 4.69) is 20.4 Å². The summed E-state index contributed by atoms with van der Waals surface area (Å²) in [6.45, 7) is 11.8. The Kier molecular flexibility index (Phi) is 5.78. The van der Waals surface area contributed by atoms with E-state index in [0.29, 0.717) is 30.9 Å². The number of carbonyl (C=O) groups excluding carboxylic acids is 2. The van der Waals surface area contributed by atoms with Gasteiger partial charge in [0.25, 0.3) is 0 Å². The minimum atomic E-state index is -0.426. The number of hydrogen-bond donors (Lipinski definition) is 0. The molecule has 0 N–H and O–H groups in total. The van der Waals surface area contributed by atoms with Crippen LogP contribution < -0.4 is 0 Å². The van der Waals surface area contributed by atoms with Crippen molar-refractivity contribution in [1.29, 1.82) is 0 Å². The highest BCUT2D eigenvalue weighted by Crippen LogP contribution is 2.35. The Hall–Kier alpha value is -1.32. The van der Waals surface area contributed by atoms with E-state index in [4.69, 9.17) is 9.47 Å². The highest BCUT2D eigenvalue weighted by Gasteiger charge is 2.40. The van der Waals surface area contributed by atoms with Crippen molar-refractivity contribution in [3.63, 3.8) is 0 Å². The summed E-state index contributed by atoms with van der Waals surface area (Å²) < 4.78 is 10.5. The molecule has 0 bridgehead atoms. The fourth-order valence-corrected chi connectivity index (χ4v) is 2.35. The van der Waals surface area contributed by atoms with Crippen molar-refractivity contribution in [2.45, 2.75) is 59.5 Å². The second kappa shape index (κ2) is 6.91. The first kappa shape index (κ1) is 16.7. The molecule has 4 nitrogen and oxygen atoms in total. The molecular formula is C16H26O4. The van der Waals surface area contributed by atoms with Crippen molar-refractivity contribution < 1.29 is 19.1 Å². The molecule has 2 unspecified atom stereocenters. The Labute approximate surface area is 121 Å². The molecule has 1 rings (SSSR count). The van der Waals surface area contributed by atoms with Gasteiger partial charge in [0.05, 0.1) is 12.0 Å². The summed E-state index contributed by atoms with van der Waals surface area (Å²) in [5.41, 5.74) is -0.0181. The molecule has 0 aromatic carbocycles. The first-order valence-electron chi connectivity index (χ1n) is 7.28. The lowest BCUT2D eigenvalue weighted by atomic mass is 9.82. The summed E-state index contributed by atoms with van der Waals surface area (Å²) in [5.74, 6) is -0.0527. The van der Waals surface area contributed by atoms with Gasteiger partial charge in [-0.1, -0.05) is 20.4 Å². The zero-order valence-corrected chi connectivity index (χ0v) is 13.0. The molecule has 0 radical (unpaired) electrons. The van der Waals surface area contributed by atoms with Gasteiger partial charge >= 0.3 is 11.9 Å². The number of hydrogen-bond acceptors (Lipinski definition) is 4. The maximum Gasteiger partial charge on any atom is 0.333 e. The Bertz CT molecular complexity index is 386. The fraction of sp³-hybridized carbons (Fsp3) is 0.750. The molecule has 0 saturated carbocycles. The van der Waals surface area contributed by atoms with Gasteiger partial charge in [-0.15, -0.1) is 0 Å². The Morgan fingerprint density at radius 1 is 1.50 bits per heavy atom. The van der Waals surface area contributed by atoms with Crippen molar-refractivity contribution in [3.05, 3.63) is 12.2 Å². The summed E-state index contributed by atoms with van der Waals surface area (Å²) >= 11 is 0. The zero-order valence-electron chi connectivity index (χ0n) is 13.0. The predicted octanol–water partition coefficient (Wildman–Crippen LogP) is 3.25. The van der Waals surface area contributed by atoms with Crippen LogP contribution in [-0.4, -0.2) is 24.6 Å². The summed E-state index contributed by atoms with van der Waals surface area (Å²) in [6, 6.07) is 0. The van der Waals surface area contributed by atoms with Gasteiger partial charge in [0.15, 0.2) is 0 Å². The number of cyclic esters (lactones) is 1. The Morgan fingerprint density at radius 2 is 2.15 bits per heavy atom. The molecule has 0 amide bonds. The molecule has 0 aromatic rings. The lowest BCUT2D eigenvalue weighted by molar-refractivity contribution is -0.147. The van der Waals surface area contributed by atoms with Crippen molar-refractivity contribution in [1.82, 2.24) is 0 Å². The molecule has 1 aliphatic rings. The minimum absolute atomic E-state index is 0.132. The summed E-state index contributed by atoms with van der Waals surface area (Å²) in [7, 11) is 0. The van der Waals surface area contributed by atoms with Crippen LogP contribution >= 0.6 is 0 Å². The molecule has 2 atom stereocenters. The SMILES string of the molecule is C=C(C)C(=O)OC(CCC1(C)CCOC1=O)CC(C)C. The molecular weight excluding hydrogens is 256 g/mol. The second-order valence-electron chi connectivity index (χ2n) is 6.42. The predicted molar refractivity (Wildman–Crippen MR) is 77.1 cm³/mol. The quantitative estimate of drug-likeness (QED) is 0.531. The van der Waals surface area contributed by atoms with Gasteiger partial charge in [0.1, 0.15) is 6.10 Å². The van der Waals surface area contributed by atoms with Crippen LogP contribution in [-0.2, 0) is 19.1 Å². The van der Waals surface area contributed by atoms with Crippen LogP contribution in [0.4, 0.5) is 0 Å². The maximum absolute atomic E-state index is 11.7. The standard InChI is InChI=1S/C16H26O4/c1-11(2)10-13(20-14(17)12(3)4)6-7-16(5)8-9-19-15(16)18/h11,13H,3,6-10H2,1-2,4-5H3. The van der Waals surface area contributed by atoms with E-state index in [-0.39, 0.29) is 18.0 Å². The summed E-state index contributed by atoms with van der Waals surface area (Å²) in [6.07, 6.45) is 2.75. The molecule has 1 saturated heterocycles. The van der Waals surface area contributed by atoms with E-state index < -0.39 is 5.41 Å². The number of ether oxygens (including phenoxy) is 2. The summed E-state index contributed by atoms with van der Waals surface area (Å²) in [4.78, 5) is 23.4. The molecule has 1 fully saturated rings. The molecule has 20 heavy (non-hydrogen) atoms. The topological polar surface area (TPSA) is 52.6 Å². The highest BCUT2D eigenvalue weighted by atomic mass is 16.5. The number of rotatable bonds is 7. The largest absolute Gasteiger partial charge is 0.465 e. The van der Waals surface area contributed by atoms with Crippen LogP contribution in [0.3, 0.4) is 0 Å². The van der Waals surface area contributed by atoms with Gasteiger partial charge in [-0.2, -0.15) is 0 Å². The van der Waals surface area contributed by atoms with Gasteiger partial charge in [-0.3, -0.25) is 4.79 Å². The van der Waals surface area contributed by atoms with Gasteiger partial charge in [-0.25, -0.2) is 4.79 Å². The first-order chi connectivity index (χ1) is 9.24. The van der Waals surface area contributed by atoms with Crippen molar-refractivity contribution in [2.24, 2.45) is 11.3 Å². The van der Waals surface area contributed by atoms with Gasteiger partial charge in [0.2, 0.25) is 0 Å². The van der Waals surface area contributed by atoms with Gasteiger partial charge < -0.3 is 9.47 Å². The second-order valence-corrected chi connectivity index (χ2v) is 6.42. The van der Waals surface area contributed by atoms with E-state index in [1.807, 2.05) is 6.92 Å². The van der Waals surface area contributed by atoms with Crippen LogP contribution in [0.15, 0.2) is 12.2 Å². The third kappa shape index (κ3) is 4.66. The molecule has 0 aromatic heterocycles. The number of carbonyl (C=O) groups is 2. The molecule has 0 aliphatic carbocycles. The first-order valence-corrected chi connectivity index (χ1v) is 7.28. The minimum Gasteiger partial charge on any atom is -0.465 e. The molecule has 0 spiro atoms. The van der Waals surface area contributed by atoms with Crippen LogP contribution in [0.5, 0.6) is 0 Å². The lowest BCUT2D eigenvalue weighted by Gasteiger charge is -2.24. The molecule has 1 heterocycles. The number of esters is 2. The van der Waals surface area contributed by atoms with E-state index in [1.165, 1.54) is 0 Å². The molecule has 4 heteroatoms. The zero-order chi connectivity index (χ0) is 15.3. The van der Waals surface area contributed by atoms with E-state index >= 15 is 0 Å². The highest BCUT2D eigenvalue weighted by molar-refractivity contribution is 5.87. The van der Waals surface area contributed by atoms with Crippen molar-refractivity contribution in [2.75, 3.05) is 6.61 Å². The van der Waals surface area contributed by atoms with Crippen LogP contribution in [0.1, 0.15) is 53.4 Å². The fourth-order valence-electron chi connectivity index (χ4n) is 2.35. The molecule has 1 aliphatic heterocycles. The normalized spacial score (nSPS) is 23.6. The van der Waals surface area contributed by atoms with Crippen LogP contribution in [0.25, 0.3) is 0 Å². The van der Waals surface area contributed by atoms with Gasteiger partial charge in [-0.05, 0) is 45.4 Å². The summed E-state index contributed by atoms with van der Waals surface area (Å²) in [5, 5.41) is 0. The van der Waals surface area contributed by atoms with Gasteiger partial charge in [0, 0.05) is 5.57 Å². The van der Waals surface area contributed by atoms with Crippen molar-refractivity contribution in [3.8, 4) is 0 Å². The monoisotopic (exact) mass is 282 g/mol. The van der Waals surface area contributed by atoms with E-state index in [9.17, 15) is 9.59 Å². The lowest BCUT2D eigenvalue weighted by Crippen LogP contribution is -2.27. The maximum atomic E-state index is 11.7. The van der Waals surface area contributed by atoms with Crippen LogP contribution in [0.2, 0.25) is 0 Å². The Morgan fingerprint density at radius 3 is 2.60 bits per heavy atom. The third-order valence-electron chi connectivity index (χ3n) is 3.75. The van der Waals surface area contributed by atoms with E-state index in [0.717, 1.165) is 12.8 Å². The molecule has 114 valence electrons. The van der Waals surface area contributed by atoms with Crippen molar-refractivity contribution >= 4 is 11.9 Å². The smallest absolute Gasteiger partial charge is 0.333 e. The van der Waals surface area contributed by atoms with E-state index in [1.54, 1.807) is 6.92 Å². The Balaban J connectivity index is 2.58. The van der Waals surface area contributed by atoms with Crippen LogP contribution in [0, 0.1) is 11.3 Å². The average Bonchev–Trinajstić information content (AvgIpc) is 2.66. The third-order valence-corrected chi connectivity index (χ3v) is 3.75. The average molecular weight is 282 g/mol.